The van der Waals surface area contributed by atoms with Crippen LogP contribution in [0.2, 0.25) is 0 Å². The lowest BCUT2D eigenvalue weighted by molar-refractivity contribution is -0.145. The predicted octanol–water partition coefficient (Wildman–Crippen LogP) is 8.34. The van der Waals surface area contributed by atoms with Gasteiger partial charge in [-0.3, -0.25) is 0 Å². The fourth-order valence-electron chi connectivity index (χ4n) is 3.87. The molecule has 0 aliphatic rings. The summed E-state index contributed by atoms with van der Waals surface area (Å²) in [6.45, 7) is 6.08. The van der Waals surface area contributed by atoms with Gasteiger partial charge in [-0.25, -0.2) is 9.18 Å². The van der Waals surface area contributed by atoms with E-state index in [0.717, 1.165) is 32.9 Å². The van der Waals surface area contributed by atoms with E-state index >= 15 is 0 Å². The highest BCUT2D eigenvalue weighted by Crippen LogP contribution is 2.32. The summed E-state index contributed by atoms with van der Waals surface area (Å²) in [5.74, 6) is 0.779. The minimum atomic E-state index is -0.377. The summed E-state index contributed by atoms with van der Waals surface area (Å²) in [6.07, 6.45) is 2.18. The molecule has 4 rings (SSSR count). The fourth-order valence-corrected chi connectivity index (χ4v) is 5.61. The lowest BCUT2D eigenvalue weighted by Gasteiger charge is -2.11. The van der Waals surface area contributed by atoms with Gasteiger partial charge in [-0.05, 0) is 91.1 Å². The summed E-state index contributed by atoms with van der Waals surface area (Å²) in [5.41, 5.74) is 5.27. The quantitative estimate of drug-likeness (QED) is 0.152. The number of rotatable bonds is 10. The number of thiophene rings is 1. The van der Waals surface area contributed by atoms with Crippen molar-refractivity contribution in [3.63, 3.8) is 0 Å². The van der Waals surface area contributed by atoms with E-state index in [9.17, 15) is 9.18 Å². The summed E-state index contributed by atoms with van der Waals surface area (Å²) in [6, 6.07) is 25.4. The molecule has 0 saturated heterocycles. The van der Waals surface area contributed by atoms with Gasteiger partial charge < -0.3 is 9.47 Å². The molecule has 0 spiro atoms. The molecule has 3 nitrogen and oxygen atoms in total. The summed E-state index contributed by atoms with van der Waals surface area (Å²) in [7, 11) is 0. The molecule has 1 aromatic heterocycles. The van der Waals surface area contributed by atoms with Crippen LogP contribution in [0.15, 0.2) is 89.8 Å². The number of esters is 1. The Bertz CT molecular complexity index is 1370. The highest BCUT2D eigenvalue weighted by Gasteiger charge is 2.09. The van der Waals surface area contributed by atoms with Crippen LogP contribution in [0, 0.1) is 19.7 Å². The Morgan fingerprint density at radius 1 is 0.946 bits per heavy atom. The van der Waals surface area contributed by atoms with Gasteiger partial charge in [0.2, 0.25) is 0 Å². The van der Waals surface area contributed by atoms with Gasteiger partial charge in [-0.1, -0.05) is 42.5 Å². The average molecular weight is 533 g/mol. The molecule has 0 bridgehead atoms. The van der Waals surface area contributed by atoms with E-state index in [4.69, 9.17) is 9.47 Å². The molecule has 0 saturated carbocycles. The van der Waals surface area contributed by atoms with Crippen LogP contribution in [-0.4, -0.2) is 24.9 Å². The Balaban J connectivity index is 1.50. The van der Waals surface area contributed by atoms with Crippen molar-refractivity contribution in [3.05, 3.63) is 112 Å². The maximum absolute atomic E-state index is 13.6. The maximum atomic E-state index is 13.6. The van der Waals surface area contributed by atoms with E-state index in [0.29, 0.717) is 12.4 Å². The molecule has 0 atom stereocenters. The lowest BCUT2D eigenvalue weighted by atomic mass is 9.96. The number of benzene rings is 3. The first-order valence-corrected chi connectivity index (χ1v) is 13.9. The van der Waals surface area contributed by atoms with Gasteiger partial charge in [0, 0.05) is 20.4 Å². The monoisotopic (exact) mass is 532 g/mol. The second-order valence-electron chi connectivity index (χ2n) is 8.44. The Morgan fingerprint density at radius 2 is 1.65 bits per heavy atom. The van der Waals surface area contributed by atoms with E-state index in [1.807, 2.05) is 37.3 Å². The molecule has 0 aliphatic carbocycles. The zero-order valence-electron chi connectivity index (χ0n) is 21.1. The number of ether oxygens (including phenoxy) is 2. The second kappa shape index (κ2) is 12.7. The van der Waals surface area contributed by atoms with E-state index in [1.54, 1.807) is 30.0 Å². The molecule has 190 valence electrons. The van der Waals surface area contributed by atoms with Crippen molar-refractivity contribution in [2.75, 3.05) is 19.0 Å². The molecule has 0 N–H and O–H groups in total. The average Bonchev–Trinajstić information content (AvgIpc) is 3.33. The van der Waals surface area contributed by atoms with Gasteiger partial charge in [0.15, 0.2) is 6.61 Å². The summed E-state index contributed by atoms with van der Waals surface area (Å²) >= 11 is 3.49. The Labute approximate surface area is 226 Å². The third-order valence-electron chi connectivity index (χ3n) is 5.71. The van der Waals surface area contributed by atoms with Crippen molar-refractivity contribution < 1.29 is 18.7 Å². The van der Waals surface area contributed by atoms with Crippen molar-refractivity contribution in [3.8, 4) is 16.2 Å². The van der Waals surface area contributed by atoms with Crippen LogP contribution in [0.3, 0.4) is 0 Å². The number of carbonyl (C=O) groups excluding carboxylic acids is 1. The first-order valence-electron chi connectivity index (χ1n) is 12.1. The molecule has 3 aromatic carbocycles. The third-order valence-corrected chi connectivity index (χ3v) is 7.68. The van der Waals surface area contributed by atoms with Crippen molar-refractivity contribution in [2.45, 2.75) is 25.7 Å². The van der Waals surface area contributed by atoms with Crippen LogP contribution in [0.1, 0.15) is 28.5 Å². The summed E-state index contributed by atoms with van der Waals surface area (Å²) < 4.78 is 24.1. The smallest absolute Gasteiger partial charge is 0.344 e. The van der Waals surface area contributed by atoms with E-state index in [-0.39, 0.29) is 18.4 Å². The van der Waals surface area contributed by atoms with Crippen molar-refractivity contribution in [2.24, 2.45) is 0 Å². The maximum Gasteiger partial charge on any atom is 0.344 e. The Morgan fingerprint density at radius 3 is 2.27 bits per heavy atom. The van der Waals surface area contributed by atoms with E-state index < -0.39 is 0 Å². The van der Waals surface area contributed by atoms with Crippen molar-refractivity contribution in [1.82, 2.24) is 0 Å². The molecule has 6 heteroatoms. The zero-order valence-corrected chi connectivity index (χ0v) is 22.8. The van der Waals surface area contributed by atoms with Crippen LogP contribution in [-0.2, 0) is 9.53 Å². The highest BCUT2D eigenvalue weighted by molar-refractivity contribution is 7.99. The Kier molecular flexibility index (Phi) is 9.20. The second-order valence-corrected chi connectivity index (χ2v) is 10.8. The first kappa shape index (κ1) is 26.7. The normalized spacial score (nSPS) is 11.4. The molecular weight excluding hydrogens is 503 g/mol. The van der Waals surface area contributed by atoms with Crippen LogP contribution in [0.5, 0.6) is 5.75 Å². The largest absolute Gasteiger partial charge is 0.482 e. The number of halogens is 1. The van der Waals surface area contributed by atoms with Crippen LogP contribution in [0.4, 0.5) is 4.39 Å². The molecule has 4 aromatic rings. The topological polar surface area (TPSA) is 35.5 Å². The summed E-state index contributed by atoms with van der Waals surface area (Å²) in [4.78, 5) is 15.2. The lowest BCUT2D eigenvalue weighted by Crippen LogP contribution is -2.14. The van der Waals surface area contributed by atoms with Crippen LogP contribution in [0.25, 0.3) is 16.0 Å². The Hall–Kier alpha value is -3.35. The number of aryl methyl sites for hydroxylation is 2. The molecule has 0 fully saturated rings. The SMILES string of the molecule is CCOC(=O)COc1ccc(SC/C=C(/c2ccc(F)cc2)c2ccc(-c3ccc(C)s3)cc2)cc1C. The third kappa shape index (κ3) is 7.34. The molecule has 0 aliphatic heterocycles. The van der Waals surface area contributed by atoms with Crippen molar-refractivity contribution in [1.29, 1.82) is 0 Å². The van der Waals surface area contributed by atoms with Gasteiger partial charge in [0.05, 0.1) is 6.61 Å². The standard InChI is InChI=1S/C31H29FO3S2/c1-4-34-31(33)20-35-29-15-14-27(19-21(29)2)36-18-17-28(24-10-12-26(32)13-11-24)23-6-8-25(9-7-23)30-16-5-22(3)37-30/h5-17,19H,4,18,20H2,1-3H3/b28-17+. The van der Waals surface area contributed by atoms with Gasteiger partial charge in [0.1, 0.15) is 11.6 Å². The van der Waals surface area contributed by atoms with Gasteiger partial charge in [0.25, 0.3) is 0 Å². The first-order chi connectivity index (χ1) is 17.9. The van der Waals surface area contributed by atoms with Crippen molar-refractivity contribution >= 4 is 34.6 Å². The minimum absolute atomic E-state index is 0.101. The fraction of sp³-hybridized carbons (Fsp3) is 0.194. The number of thioether (sulfide) groups is 1. The van der Waals surface area contributed by atoms with Gasteiger partial charge in [-0.2, -0.15) is 0 Å². The predicted molar refractivity (Wildman–Crippen MR) is 152 cm³/mol. The number of hydrogen-bond donors (Lipinski definition) is 0. The number of carbonyl (C=O) groups is 1. The van der Waals surface area contributed by atoms with Crippen LogP contribution >= 0.6 is 23.1 Å². The molecule has 1 heterocycles. The van der Waals surface area contributed by atoms with E-state index in [1.165, 1.54) is 27.5 Å². The minimum Gasteiger partial charge on any atom is -0.482 e. The number of hydrogen-bond acceptors (Lipinski definition) is 5. The summed E-state index contributed by atoms with van der Waals surface area (Å²) in [5, 5.41) is 0. The van der Waals surface area contributed by atoms with Gasteiger partial charge >= 0.3 is 5.97 Å². The molecule has 0 radical (unpaired) electrons. The molecule has 37 heavy (non-hydrogen) atoms. The molecule has 0 unspecified atom stereocenters. The zero-order chi connectivity index (χ0) is 26.2. The molecular formula is C31H29FO3S2. The highest BCUT2D eigenvalue weighted by atomic mass is 32.2. The van der Waals surface area contributed by atoms with E-state index in [2.05, 4.69) is 49.4 Å². The van der Waals surface area contributed by atoms with Crippen LogP contribution < -0.4 is 4.74 Å². The van der Waals surface area contributed by atoms with Gasteiger partial charge in [-0.15, -0.1) is 23.1 Å². The molecule has 0 amide bonds.